The summed E-state index contributed by atoms with van der Waals surface area (Å²) in [6.07, 6.45) is 0. The first-order valence-corrected chi connectivity index (χ1v) is 12.9. The molecule has 10 heteroatoms. The van der Waals surface area contributed by atoms with Crippen molar-refractivity contribution >= 4 is 50.8 Å². The molecule has 1 amide bonds. The van der Waals surface area contributed by atoms with Gasteiger partial charge in [-0.05, 0) is 65.9 Å². The maximum Gasteiger partial charge on any atom is 0.326 e. The lowest BCUT2D eigenvalue weighted by Crippen LogP contribution is -2.44. The van der Waals surface area contributed by atoms with Crippen molar-refractivity contribution in [2.75, 3.05) is 4.72 Å². The highest BCUT2D eigenvalue weighted by Crippen LogP contribution is 2.30. The molecule has 0 aliphatic rings. The third-order valence-corrected chi connectivity index (χ3v) is 7.57. The molecule has 184 valence electrons. The summed E-state index contributed by atoms with van der Waals surface area (Å²) in [5.41, 5.74) is 2.67. The third kappa shape index (κ3) is 6.33. The molecule has 0 fully saturated rings. The van der Waals surface area contributed by atoms with E-state index in [0.717, 1.165) is 5.56 Å². The second-order valence-corrected chi connectivity index (χ2v) is 10.8. The first-order valence-electron chi connectivity index (χ1n) is 10.6. The van der Waals surface area contributed by atoms with E-state index in [1.807, 2.05) is 0 Å². The number of carbonyl (C=O) groups is 2. The van der Waals surface area contributed by atoms with Gasteiger partial charge in [0.25, 0.3) is 15.9 Å². The standard InChI is InChI=1S/C25H24Cl2N2O5S/c1-14(2)23(25(31)32)28-24(30)17-9-7-16(8-10-17)18-5-4-6-19(12-18)29-35(33,34)22-11-15(3)20(26)13-21(22)27/h4-14,23,29H,1-3H3,(H,28,30)(H,31,32). The molecule has 1 unspecified atom stereocenters. The van der Waals surface area contributed by atoms with Crippen molar-refractivity contribution < 1.29 is 23.1 Å². The fraction of sp³-hybridized carbons (Fsp3) is 0.200. The Morgan fingerprint density at radius 2 is 1.57 bits per heavy atom. The van der Waals surface area contributed by atoms with Crippen molar-refractivity contribution in [1.82, 2.24) is 5.32 Å². The van der Waals surface area contributed by atoms with E-state index in [0.29, 0.717) is 27.4 Å². The van der Waals surface area contributed by atoms with E-state index in [-0.39, 0.29) is 15.8 Å². The van der Waals surface area contributed by atoms with Gasteiger partial charge in [-0.25, -0.2) is 13.2 Å². The normalized spacial score (nSPS) is 12.3. The van der Waals surface area contributed by atoms with Gasteiger partial charge < -0.3 is 10.4 Å². The van der Waals surface area contributed by atoms with Gasteiger partial charge in [0.15, 0.2) is 0 Å². The number of amides is 1. The number of halogens is 2. The molecular weight excluding hydrogens is 511 g/mol. The molecule has 3 rings (SSSR count). The molecule has 0 aliphatic heterocycles. The lowest BCUT2D eigenvalue weighted by atomic mass is 10.0. The molecule has 0 aliphatic carbocycles. The Kier molecular flexibility index (Phi) is 8.10. The fourth-order valence-corrected chi connectivity index (χ4v) is 5.24. The Bertz CT molecular complexity index is 1370. The predicted octanol–water partition coefficient (Wildman–Crippen LogP) is 5.61. The molecule has 0 heterocycles. The number of carbonyl (C=O) groups excluding carboxylic acids is 1. The Hall–Kier alpha value is -3.07. The zero-order valence-electron chi connectivity index (χ0n) is 19.2. The summed E-state index contributed by atoms with van der Waals surface area (Å²) in [6, 6.07) is 15.1. The summed E-state index contributed by atoms with van der Waals surface area (Å²) < 4.78 is 28.4. The molecule has 3 aromatic rings. The van der Waals surface area contributed by atoms with Crippen LogP contribution in [0, 0.1) is 12.8 Å². The minimum Gasteiger partial charge on any atom is -0.480 e. The monoisotopic (exact) mass is 534 g/mol. The Morgan fingerprint density at radius 1 is 0.914 bits per heavy atom. The van der Waals surface area contributed by atoms with E-state index < -0.39 is 27.9 Å². The van der Waals surface area contributed by atoms with Gasteiger partial charge in [0, 0.05) is 16.3 Å². The molecule has 35 heavy (non-hydrogen) atoms. The van der Waals surface area contributed by atoms with Crippen LogP contribution in [0.15, 0.2) is 65.6 Å². The number of aryl methyl sites for hydroxylation is 1. The van der Waals surface area contributed by atoms with Gasteiger partial charge in [-0.1, -0.05) is 61.3 Å². The van der Waals surface area contributed by atoms with Crippen molar-refractivity contribution in [3.8, 4) is 11.1 Å². The van der Waals surface area contributed by atoms with Crippen molar-refractivity contribution in [2.24, 2.45) is 5.92 Å². The zero-order valence-corrected chi connectivity index (χ0v) is 21.5. The van der Waals surface area contributed by atoms with Crippen molar-refractivity contribution in [2.45, 2.75) is 31.7 Å². The third-order valence-electron chi connectivity index (χ3n) is 5.32. The first kappa shape index (κ1) is 26.5. The number of carboxylic acid groups (broad SMARTS) is 1. The van der Waals surface area contributed by atoms with Crippen molar-refractivity contribution in [3.63, 3.8) is 0 Å². The van der Waals surface area contributed by atoms with E-state index in [9.17, 15) is 23.1 Å². The van der Waals surface area contributed by atoms with Crippen LogP contribution in [-0.4, -0.2) is 31.4 Å². The molecule has 0 radical (unpaired) electrons. The van der Waals surface area contributed by atoms with E-state index in [2.05, 4.69) is 10.0 Å². The highest BCUT2D eigenvalue weighted by atomic mass is 35.5. The van der Waals surface area contributed by atoms with Crippen LogP contribution in [0.4, 0.5) is 5.69 Å². The maximum absolute atomic E-state index is 12.9. The number of anilines is 1. The topological polar surface area (TPSA) is 113 Å². The largest absolute Gasteiger partial charge is 0.480 e. The van der Waals surface area contributed by atoms with Gasteiger partial charge >= 0.3 is 5.97 Å². The number of hydrogen-bond acceptors (Lipinski definition) is 4. The highest BCUT2D eigenvalue weighted by Gasteiger charge is 2.24. The quantitative estimate of drug-likeness (QED) is 0.347. The molecule has 3 aromatic carbocycles. The maximum atomic E-state index is 12.9. The van der Waals surface area contributed by atoms with Crippen LogP contribution in [0.3, 0.4) is 0 Å². The number of sulfonamides is 1. The van der Waals surface area contributed by atoms with Gasteiger partial charge in [0.1, 0.15) is 10.9 Å². The minimum atomic E-state index is -3.97. The van der Waals surface area contributed by atoms with E-state index in [4.69, 9.17) is 23.2 Å². The molecule has 0 bridgehead atoms. The molecule has 1 atom stereocenters. The zero-order chi connectivity index (χ0) is 25.9. The molecule has 0 saturated heterocycles. The SMILES string of the molecule is Cc1cc(S(=O)(=O)Nc2cccc(-c3ccc(C(=O)NC(C(=O)O)C(C)C)cc3)c2)c(Cl)cc1Cl. The lowest BCUT2D eigenvalue weighted by Gasteiger charge is -2.18. The van der Waals surface area contributed by atoms with Gasteiger partial charge in [0.05, 0.1) is 5.02 Å². The average molecular weight is 535 g/mol. The van der Waals surface area contributed by atoms with Gasteiger partial charge in [0.2, 0.25) is 0 Å². The number of rotatable bonds is 8. The fourth-order valence-electron chi connectivity index (χ4n) is 3.36. The smallest absolute Gasteiger partial charge is 0.326 e. The number of carboxylic acids is 1. The van der Waals surface area contributed by atoms with Crippen LogP contribution in [0.2, 0.25) is 10.0 Å². The first-order chi connectivity index (χ1) is 16.4. The molecule has 0 aromatic heterocycles. The van der Waals surface area contributed by atoms with Crippen molar-refractivity contribution in [3.05, 3.63) is 81.8 Å². The summed E-state index contributed by atoms with van der Waals surface area (Å²) in [6.45, 7) is 5.11. The number of aliphatic carboxylic acids is 1. The highest BCUT2D eigenvalue weighted by molar-refractivity contribution is 7.92. The second kappa shape index (κ2) is 10.7. The van der Waals surface area contributed by atoms with Crippen molar-refractivity contribution in [1.29, 1.82) is 0 Å². The Morgan fingerprint density at radius 3 is 2.17 bits per heavy atom. The number of benzene rings is 3. The summed E-state index contributed by atoms with van der Waals surface area (Å²) >= 11 is 12.1. The van der Waals surface area contributed by atoms with Gasteiger partial charge in [-0.3, -0.25) is 9.52 Å². The number of hydrogen-bond donors (Lipinski definition) is 3. The van der Waals surface area contributed by atoms with Crippen LogP contribution >= 0.6 is 23.2 Å². The molecule has 0 spiro atoms. The predicted molar refractivity (Wildman–Crippen MR) is 138 cm³/mol. The second-order valence-electron chi connectivity index (χ2n) is 8.33. The van der Waals surface area contributed by atoms with Gasteiger partial charge in [-0.2, -0.15) is 0 Å². The summed E-state index contributed by atoms with van der Waals surface area (Å²) in [7, 11) is -3.97. The van der Waals surface area contributed by atoms with Gasteiger partial charge in [-0.15, -0.1) is 0 Å². The van der Waals surface area contributed by atoms with E-state index in [1.165, 1.54) is 12.1 Å². The summed E-state index contributed by atoms with van der Waals surface area (Å²) in [4.78, 5) is 23.7. The number of nitrogens with one attached hydrogen (secondary N) is 2. The van der Waals surface area contributed by atoms with E-state index >= 15 is 0 Å². The van der Waals surface area contributed by atoms with E-state index in [1.54, 1.807) is 69.3 Å². The average Bonchev–Trinajstić information content (AvgIpc) is 2.79. The minimum absolute atomic E-state index is 0.0146. The molecule has 7 nitrogen and oxygen atoms in total. The Labute approximate surface area is 214 Å². The molecular formula is C25H24Cl2N2O5S. The van der Waals surface area contributed by atoms with Crippen LogP contribution < -0.4 is 10.0 Å². The van der Waals surface area contributed by atoms with Crippen LogP contribution in [0.25, 0.3) is 11.1 Å². The summed E-state index contributed by atoms with van der Waals surface area (Å²) in [5.74, 6) is -1.86. The molecule has 3 N–H and O–H groups in total. The van der Waals surface area contributed by atoms with Crippen LogP contribution in [0.1, 0.15) is 29.8 Å². The van der Waals surface area contributed by atoms with Crippen LogP contribution in [0.5, 0.6) is 0 Å². The Balaban J connectivity index is 1.81. The summed E-state index contributed by atoms with van der Waals surface area (Å²) in [5, 5.41) is 12.2. The lowest BCUT2D eigenvalue weighted by molar-refractivity contribution is -0.140. The van der Waals surface area contributed by atoms with Crippen LogP contribution in [-0.2, 0) is 14.8 Å². The molecule has 0 saturated carbocycles.